The fourth-order valence-corrected chi connectivity index (χ4v) is 3.17. The number of aromatic nitrogens is 2. The normalized spacial score (nSPS) is 15.3. The molecule has 0 aliphatic carbocycles. The summed E-state index contributed by atoms with van der Waals surface area (Å²) in [6.45, 7) is 7.93. The quantitative estimate of drug-likeness (QED) is 0.706. The molecule has 4 rings (SSSR count). The molecule has 0 amide bonds. The molecule has 0 spiro atoms. The molecule has 8 heteroatoms. The van der Waals surface area contributed by atoms with Gasteiger partial charge in [0.15, 0.2) is 5.76 Å². The van der Waals surface area contributed by atoms with Crippen molar-refractivity contribution in [3.63, 3.8) is 0 Å². The molecule has 1 saturated heterocycles. The Balaban J connectivity index is 1.46. The minimum atomic E-state index is 0.288. The maximum atomic E-state index is 9.39. The second-order valence-corrected chi connectivity index (χ2v) is 6.33. The van der Waals surface area contributed by atoms with Gasteiger partial charge >= 0.3 is 0 Å². The number of hydrogen-bond donors (Lipinski definition) is 0. The molecule has 0 saturated carbocycles. The SMILES string of the molecule is Cc1noc(C)c1CN1CCN(c2oc(-c3ccco3)nc2C#N)CC1. The van der Waals surface area contributed by atoms with E-state index in [0.29, 0.717) is 17.5 Å². The van der Waals surface area contributed by atoms with E-state index in [0.717, 1.165) is 49.7 Å². The lowest BCUT2D eigenvalue weighted by molar-refractivity contribution is 0.244. The van der Waals surface area contributed by atoms with Crippen LogP contribution in [0.25, 0.3) is 11.7 Å². The number of rotatable bonds is 4. The Hall–Kier alpha value is -3.05. The van der Waals surface area contributed by atoms with E-state index in [1.807, 2.05) is 13.8 Å². The van der Waals surface area contributed by atoms with E-state index in [1.54, 1.807) is 18.4 Å². The van der Waals surface area contributed by atoms with Crippen molar-refractivity contribution in [1.29, 1.82) is 5.26 Å². The highest BCUT2D eigenvalue weighted by Crippen LogP contribution is 2.29. The lowest BCUT2D eigenvalue weighted by Gasteiger charge is -2.34. The Morgan fingerprint density at radius 1 is 1.23 bits per heavy atom. The molecule has 1 fully saturated rings. The minimum Gasteiger partial charge on any atom is -0.459 e. The van der Waals surface area contributed by atoms with Crippen molar-refractivity contribution in [2.75, 3.05) is 31.1 Å². The predicted octanol–water partition coefficient (Wildman–Crippen LogP) is 2.73. The van der Waals surface area contributed by atoms with Gasteiger partial charge in [0.05, 0.1) is 12.0 Å². The Morgan fingerprint density at radius 3 is 2.65 bits per heavy atom. The van der Waals surface area contributed by atoms with Crippen molar-refractivity contribution in [2.45, 2.75) is 20.4 Å². The molecule has 3 aromatic heterocycles. The molecule has 26 heavy (non-hydrogen) atoms. The van der Waals surface area contributed by atoms with Crippen LogP contribution in [0.15, 0.2) is 31.8 Å². The molecule has 3 aromatic rings. The number of nitriles is 1. The number of aryl methyl sites for hydroxylation is 2. The number of hydrogen-bond acceptors (Lipinski definition) is 8. The van der Waals surface area contributed by atoms with Crippen molar-refractivity contribution in [3.05, 3.63) is 41.1 Å². The van der Waals surface area contributed by atoms with E-state index in [2.05, 4.69) is 26.0 Å². The maximum Gasteiger partial charge on any atom is 0.266 e. The van der Waals surface area contributed by atoms with Gasteiger partial charge in [-0.2, -0.15) is 10.2 Å². The van der Waals surface area contributed by atoms with E-state index in [9.17, 15) is 5.26 Å². The van der Waals surface area contributed by atoms with Crippen LogP contribution in [-0.2, 0) is 6.54 Å². The number of anilines is 1. The summed E-state index contributed by atoms with van der Waals surface area (Å²) in [4.78, 5) is 8.66. The molecular formula is C18H19N5O3. The Morgan fingerprint density at radius 2 is 2.04 bits per heavy atom. The first-order chi connectivity index (χ1) is 12.7. The van der Waals surface area contributed by atoms with E-state index >= 15 is 0 Å². The summed E-state index contributed by atoms with van der Waals surface area (Å²) in [5, 5.41) is 13.4. The molecule has 0 atom stereocenters. The largest absolute Gasteiger partial charge is 0.459 e. The molecule has 1 aliphatic heterocycles. The molecule has 0 bridgehead atoms. The highest BCUT2D eigenvalue weighted by Gasteiger charge is 2.26. The fraction of sp³-hybridized carbons (Fsp3) is 0.389. The summed E-state index contributed by atoms with van der Waals surface area (Å²) < 4.78 is 16.4. The van der Waals surface area contributed by atoms with Gasteiger partial charge in [0.25, 0.3) is 5.89 Å². The first kappa shape index (κ1) is 16.4. The van der Waals surface area contributed by atoms with Crippen molar-refractivity contribution in [2.24, 2.45) is 0 Å². The van der Waals surface area contributed by atoms with Crippen LogP contribution in [0.5, 0.6) is 0 Å². The molecule has 0 radical (unpaired) electrons. The standard InChI is InChI=1S/C18H19N5O3/c1-12-14(13(2)26-21-12)11-22-5-7-23(8-6-22)18-15(10-19)20-17(25-18)16-4-3-9-24-16/h3-4,9H,5-8,11H2,1-2H3. The summed E-state index contributed by atoms with van der Waals surface area (Å²) in [7, 11) is 0. The van der Waals surface area contributed by atoms with Crippen LogP contribution < -0.4 is 4.90 Å². The van der Waals surface area contributed by atoms with Gasteiger partial charge in [-0.05, 0) is 26.0 Å². The summed E-state index contributed by atoms with van der Waals surface area (Å²) >= 11 is 0. The fourth-order valence-electron chi connectivity index (χ4n) is 3.17. The molecule has 1 aliphatic rings. The van der Waals surface area contributed by atoms with Crippen LogP contribution in [0.3, 0.4) is 0 Å². The Labute approximate surface area is 150 Å². The van der Waals surface area contributed by atoms with Gasteiger partial charge in [-0.15, -0.1) is 0 Å². The monoisotopic (exact) mass is 353 g/mol. The zero-order valence-corrected chi connectivity index (χ0v) is 14.7. The second kappa shape index (κ2) is 6.69. The van der Waals surface area contributed by atoms with E-state index in [1.165, 1.54) is 0 Å². The third-order valence-corrected chi connectivity index (χ3v) is 4.67. The van der Waals surface area contributed by atoms with Crippen LogP contribution in [0.4, 0.5) is 5.88 Å². The van der Waals surface area contributed by atoms with E-state index in [-0.39, 0.29) is 5.69 Å². The average Bonchev–Trinajstić information content (AvgIpc) is 3.38. The number of oxazole rings is 1. The third kappa shape index (κ3) is 2.97. The Bertz CT molecular complexity index is 907. The van der Waals surface area contributed by atoms with Gasteiger partial charge in [0, 0.05) is 38.3 Å². The van der Waals surface area contributed by atoms with Crippen LogP contribution >= 0.6 is 0 Å². The maximum absolute atomic E-state index is 9.39. The van der Waals surface area contributed by atoms with Crippen molar-refractivity contribution < 1.29 is 13.4 Å². The van der Waals surface area contributed by atoms with Gasteiger partial charge in [0.1, 0.15) is 11.8 Å². The second-order valence-electron chi connectivity index (χ2n) is 6.33. The van der Waals surface area contributed by atoms with Gasteiger partial charge in [0.2, 0.25) is 11.6 Å². The summed E-state index contributed by atoms with van der Waals surface area (Å²) in [6, 6.07) is 5.64. The summed E-state index contributed by atoms with van der Waals surface area (Å²) in [6.07, 6.45) is 1.55. The van der Waals surface area contributed by atoms with Crippen LogP contribution in [0, 0.1) is 25.2 Å². The molecule has 8 nitrogen and oxygen atoms in total. The molecule has 134 valence electrons. The van der Waals surface area contributed by atoms with Crippen molar-refractivity contribution in [3.8, 4) is 17.7 Å². The predicted molar refractivity (Wildman–Crippen MR) is 92.4 cm³/mol. The van der Waals surface area contributed by atoms with Crippen molar-refractivity contribution >= 4 is 5.88 Å². The van der Waals surface area contributed by atoms with Crippen LogP contribution in [0.1, 0.15) is 22.7 Å². The number of nitrogens with zero attached hydrogens (tertiary/aromatic N) is 5. The average molecular weight is 353 g/mol. The molecule has 0 unspecified atom stereocenters. The summed E-state index contributed by atoms with van der Waals surface area (Å²) in [5.41, 5.74) is 2.38. The van der Waals surface area contributed by atoms with Crippen LogP contribution in [-0.4, -0.2) is 41.2 Å². The van der Waals surface area contributed by atoms with E-state index in [4.69, 9.17) is 13.4 Å². The third-order valence-electron chi connectivity index (χ3n) is 4.67. The van der Waals surface area contributed by atoms with Gasteiger partial charge in [-0.25, -0.2) is 0 Å². The first-order valence-electron chi connectivity index (χ1n) is 8.49. The van der Waals surface area contributed by atoms with Gasteiger partial charge in [-0.1, -0.05) is 5.16 Å². The number of furan rings is 1. The molecule has 0 N–H and O–H groups in total. The highest BCUT2D eigenvalue weighted by molar-refractivity contribution is 5.55. The highest BCUT2D eigenvalue weighted by atomic mass is 16.5. The molecular weight excluding hydrogens is 334 g/mol. The number of piperazine rings is 1. The summed E-state index contributed by atoms with van der Waals surface area (Å²) in [5.74, 6) is 2.23. The van der Waals surface area contributed by atoms with E-state index < -0.39 is 0 Å². The first-order valence-corrected chi connectivity index (χ1v) is 8.49. The molecule has 0 aromatic carbocycles. The van der Waals surface area contributed by atoms with Gasteiger partial charge < -0.3 is 18.3 Å². The topological polar surface area (TPSA) is 95.5 Å². The van der Waals surface area contributed by atoms with Crippen molar-refractivity contribution in [1.82, 2.24) is 15.0 Å². The van der Waals surface area contributed by atoms with Gasteiger partial charge in [-0.3, -0.25) is 4.90 Å². The van der Waals surface area contributed by atoms with Crippen LogP contribution in [0.2, 0.25) is 0 Å². The molecule has 4 heterocycles. The zero-order valence-electron chi connectivity index (χ0n) is 14.7. The Kier molecular flexibility index (Phi) is 4.22. The lowest BCUT2D eigenvalue weighted by Crippen LogP contribution is -2.46. The minimum absolute atomic E-state index is 0.288. The lowest BCUT2D eigenvalue weighted by atomic mass is 10.2. The smallest absolute Gasteiger partial charge is 0.266 e. The zero-order chi connectivity index (χ0) is 18.1.